The number of aromatic hydroxyl groups is 1. The molecule has 164 valence electrons. The van der Waals surface area contributed by atoms with E-state index in [2.05, 4.69) is 45.0 Å². The van der Waals surface area contributed by atoms with E-state index in [4.69, 9.17) is 0 Å². The number of rotatable bonds is 10. The highest BCUT2D eigenvalue weighted by Gasteiger charge is 2.21. The molecule has 0 bridgehead atoms. The van der Waals surface area contributed by atoms with Crippen molar-refractivity contribution in [3.8, 4) is 5.88 Å². The molecule has 0 aliphatic rings. The van der Waals surface area contributed by atoms with Crippen molar-refractivity contribution in [1.82, 2.24) is 9.55 Å². The van der Waals surface area contributed by atoms with Crippen molar-refractivity contribution in [3.63, 3.8) is 0 Å². The van der Waals surface area contributed by atoms with Gasteiger partial charge in [0.1, 0.15) is 5.69 Å². The molecule has 0 aliphatic carbocycles. The van der Waals surface area contributed by atoms with Gasteiger partial charge >= 0.3 is 5.91 Å². The topological polar surface area (TPSA) is 84.3 Å². The number of quaternary nitrogens is 1. The van der Waals surface area contributed by atoms with Crippen molar-refractivity contribution in [2.45, 2.75) is 46.2 Å². The van der Waals surface area contributed by atoms with Gasteiger partial charge in [0, 0.05) is 16.1 Å². The summed E-state index contributed by atoms with van der Waals surface area (Å²) in [6, 6.07) is 10.8. The van der Waals surface area contributed by atoms with E-state index in [1.54, 1.807) is 18.2 Å². The molecule has 1 amide bonds. The Bertz CT molecular complexity index is 1040. The summed E-state index contributed by atoms with van der Waals surface area (Å²) in [5.74, 6) is -0.523. The predicted octanol–water partition coefficient (Wildman–Crippen LogP) is 4.87. The zero-order valence-electron chi connectivity index (χ0n) is 18.0. The number of pyridine rings is 1. The molecule has 0 radical (unpaired) electrons. The number of carbonyl (C=O) groups is 1. The maximum absolute atomic E-state index is 12.3. The quantitative estimate of drug-likeness (QED) is 0.400. The molecular formula is C23H29BrN5O2+. The summed E-state index contributed by atoms with van der Waals surface area (Å²) in [5, 5.41) is 19.7. The largest absolute Gasteiger partial charge is 0.493 e. The van der Waals surface area contributed by atoms with E-state index < -0.39 is 5.91 Å². The molecule has 3 aromatic rings. The van der Waals surface area contributed by atoms with E-state index in [9.17, 15) is 9.90 Å². The zero-order valence-corrected chi connectivity index (χ0v) is 19.6. The van der Waals surface area contributed by atoms with Crippen molar-refractivity contribution in [2.75, 3.05) is 13.1 Å². The number of nitrogens with zero attached hydrogens (tertiary/aromatic N) is 4. The first-order valence-electron chi connectivity index (χ1n) is 10.8. The summed E-state index contributed by atoms with van der Waals surface area (Å²) in [6.45, 7) is 7.10. The third-order valence-corrected chi connectivity index (χ3v) is 5.74. The summed E-state index contributed by atoms with van der Waals surface area (Å²) < 4.78 is 2.74. The molecule has 0 spiro atoms. The van der Waals surface area contributed by atoms with Crippen LogP contribution in [-0.2, 0) is 6.67 Å². The lowest BCUT2D eigenvalue weighted by Crippen LogP contribution is -3.11. The summed E-state index contributed by atoms with van der Waals surface area (Å²) >= 11 is 3.49. The van der Waals surface area contributed by atoms with Crippen LogP contribution in [-0.4, -0.2) is 33.7 Å². The van der Waals surface area contributed by atoms with Gasteiger partial charge in [0.15, 0.2) is 12.4 Å². The second-order valence-electron chi connectivity index (χ2n) is 7.60. The number of benzene rings is 1. The Kier molecular flexibility index (Phi) is 8.31. The molecule has 0 saturated heterocycles. The molecule has 1 aromatic carbocycles. The number of hydrogen-bond acceptors (Lipinski definition) is 4. The van der Waals surface area contributed by atoms with Crippen LogP contribution in [0.25, 0.3) is 10.9 Å². The van der Waals surface area contributed by atoms with Gasteiger partial charge in [0.2, 0.25) is 5.88 Å². The predicted molar refractivity (Wildman–Crippen MR) is 125 cm³/mol. The van der Waals surface area contributed by atoms with Crippen LogP contribution in [0.15, 0.2) is 57.3 Å². The number of aromatic nitrogens is 2. The van der Waals surface area contributed by atoms with E-state index in [1.165, 1.54) is 11.1 Å². The lowest BCUT2D eigenvalue weighted by Gasteiger charge is -2.20. The van der Waals surface area contributed by atoms with Gasteiger partial charge in [-0.3, -0.25) is 14.3 Å². The van der Waals surface area contributed by atoms with Gasteiger partial charge in [0.05, 0.1) is 18.6 Å². The van der Waals surface area contributed by atoms with Crippen molar-refractivity contribution in [3.05, 3.63) is 52.8 Å². The van der Waals surface area contributed by atoms with E-state index in [-0.39, 0.29) is 11.6 Å². The van der Waals surface area contributed by atoms with Crippen LogP contribution in [0.5, 0.6) is 5.88 Å². The van der Waals surface area contributed by atoms with Gasteiger partial charge in [-0.25, -0.2) is 0 Å². The molecular weight excluding hydrogens is 458 g/mol. The van der Waals surface area contributed by atoms with Crippen LogP contribution in [0.1, 0.15) is 50.0 Å². The molecule has 0 aliphatic heterocycles. The third kappa shape index (κ3) is 5.77. The average Bonchev–Trinajstić information content (AvgIpc) is 3.04. The number of fused-ring (bicyclic) bond motifs is 1. The highest BCUT2D eigenvalue weighted by atomic mass is 79.9. The fourth-order valence-corrected chi connectivity index (χ4v) is 3.91. The lowest BCUT2D eigenvalue weighted by molar-refractivity contribution is -0.923. The van der Waals surface area contributed by atoms with Gasteiger partial charge in [0.25, 0.3) is 0 Å². The number of halogens is 1. The molecule has 2 N–H and O–H groups in total. The minimum absolute atomic E-state index is 0.0242. The highest BCUT2D eigenvalue weighted by molar-refractivity contribution is 9.10. The molecule has 0 fully saturated rings. The first kappa shape index (κ1) is 23.1. The number of azo groups is 1. The lowest BCUT2D eigenvalue weighted by atomic mass is 10.2. The fraction of sp³-hybridized carbons (Fsp3) is 0.391. The van der Waals surface area contributed by atoms with Crippen LogP contribution in [0, 0.1) is 0 Å². The van der Waals surface area contributed by atoms with Crippen LogP contribution >= 0.6 is 15.9 Å². The SMILES string of the molecule is CCCC[NH+](CCCC)Cn1c(O)c(N=NC(=O)c2ccccn2)c2cc(Br)ccc21. The zero-order chi connectivity index (χ0) is 22.2. The van der Waals surface area contributed by atoms with E-state index >= 15 is 0 Å². The van der Waals surface area contributed by atoms with E-state index in [1.807, 2.05) is 22.8 Å². The van der Waals surface area contributed by atoms with Crippen molar-refractivity contribution >= 4 is 38.4 Å². The number of nitrogens with one attached hydrogen (secondary N) is 1. The van der Waals surface area contributed by atoms with Gasteiger partial charge in [-0.15, -0.1) is 10.2 Å². The van der Waals surface area contributed by atoms with Gasteiger partial charge < -0.3 is 10.0 Å². The fourth-order valence-electron chi connectivity index (χ4n) is 3.55. The van der Waals surface area contributed by atoms with Gasteiger partial charge in [-0.1, -0.05) is 48.7 Å². The Balaban J connectivity index is 1.96. The molecule has 0 unspecified atom stereocenters. The Labute approximate surface area is 190 Å². The monoisotopic (exact) mass is 486 g/mol. The standard InChI is InChI=1S/C23H28BrN5O2/c1-3-5-13-28(14-6-4-2)16-29-20-11-10-17(24)15-18(20)21(23(29)31)26-27-22(30)19-9-7-8-12-25-19/h7-12,15,31H,3-6,13-14,16H2,1-2H3/p+1. The first-order valence-corrected chi connectivity index (χ1v) is 11.6. The van der Waals surface area contributed by atoms with Gasteiger partial charge in [-0.2, -0.15) is 0 Å². The molecule has 3 rings (SSSR count). The molecule has 31 heavy (non-hydrogen) atoms. The summed E-state index contributed by atoms with van der Waals surface area (Å²) in [7, 11) is 0. The summed E-state index contributed by atoms with van der Waals surface area (Å²) in [4.78, 5) is 17.7. The number of hydrogen-bond donors (Lipinski definition) is 2. The Hall–Kier alpha value is -2.58. The average molecular weight is 487 g/mol. The van der Waals surface area contributed by atoms with Crippen LogP contribution < -0.4 is 4.90 Å². The molecule has 7 nitrogen and oxygen atoms in total. The molecule has 0 atom stereocenters. The highest BCUT2D eigenvalue weighted by Crippen LogP contribution is 2.39. The number of unbranched alkanes of at least 4 members (excludes halogenated alkanes) is 2. The van der Waals surface area contributed by atoms with Crippen molar-refractivity contribution in [1.29, 1.82) is 0 Å². The minimum atomic E-state index is -0.547. The molecule has 2 heterocycles. The Morgan fingerprint density at radius 1 is 1.16 bits per heavy atom. The summed E-state index contributed by atoms with van der Waals surface area (Å²) in [5.41, 5.74) is 1.38. The van der Waals surface area contributed by atoms with E-state index in [0.29, 0.717) is 12.4 Å². The first-order chi connectivity index (χ1) is 15.0. The normalized spacial score (nSPS) is 11.7. The van der Waals surface area contributed by atoms with Crippen molar-refractivity contribution in [2.24, 2.45) is 10.2 Å². The van der Waals surface area contributed by atoms with Crippen LogP contribution in [0.2, 0.25) is 0 Å². The smallest absolute Gasteiger partial charge is 0.313 e. The Morgan fingerprint density at radius 3 is 2.55 bits per heavy atom. The van der Waals surface area contributed by atoms with E-state index in [0.717, 1.165) is 54.1 Å². The number of carbonyl (C=O) groups excluding carboxylic acids is 1. The number of amides is 1. The maximum atomic E-state index is 12.3. The second kappa shape index (κ2) is 11.2. The van der Waals surface area contributed by atoms with Crippen LogP contribution in [0.4, 0.5) is 5.69 Å². The summed E-state index contributed by atoms with van der Waals surface area (Å²) in [6.07, 6.45) is 6.07. The second-order valence-corrected chi connectivity index (χ2v) is 8.51. The third-order valence-electron chi connectivity index (χ3n) is 5.25. The van der Waals surface area contributed by atoms with Crippen LogP contribution in [0.3, 0.4) is 0 Å². The Morgan fingerprint density at radius 2 is 1.90 bits per heavy atom. The molecule has 2 aromatic heterocycles. The van der Waals surface area contributed by atoms with Crippen molar-refractivity contribution < 1.29 is 14.8 Å². The minimum Gasteiger partial charge on any atom is -0.493 e. The molecule has 0 saturated carbocycles. The van der Waals surface area contributed by atoms with Gasteiger partial charge in [-0.05, 0) is 43.2 Å². The molecule has 8 heteroatoms. The maximum Gasteiger partial charge on any atom is 0.313 e.